The number of aromatic nitrogens is 3. The molecule has 0 atom stereocenters. The van der Waals surface area contributed by atoms with Crippen molar-refractivity contribution in [1.82, 2.24) is 14.1 Å². The fourth-order valence-corrected chi connectivity index (χ4v) is 4.78. The summed E-state index contributed by atoms with van der Waals surface area (Å²) in [6.45, 7) is 1.80. The molecule has 5 nitrogen and oxygen atoms in total. The molecule has 3 aromatic carbocycles. The standard InChI is InChI=1S/C29H22ClN3O2/c1-5-18-7-6-8-20(13-18)25-17(2)29(35)33(4)23-14-22(19-9-11-21(30)12-10-19)28(34)27(26(23)25)24-15-31-16-32(24)3/h1,6-16,34H,2-4H3. The van der Waals surface area contributed by atoms with Gasteiger partial charge in [0.1, 0.15) is 5.75 Å². The van der Waals surface area contributed by atoms with Crippen LogP contribution in [0.25, 0.3) is 44.4 Å². The molecule has 0 saturated carbocycles. The zero-order valence-electron chi connectivity index (χ0n) is 19.5. The van der Waals surface area contributed by atoms with Crippen LogP contribution in [0.2, 0.25) is 5.02 Å². The average molecular weight is 480 g/mol. The third-order valence-corrected chi connectivity index (χ3v) is 6.69. The molecule has 0 aliphatic heterocycles. The van der Waals surface area contributed by atoms with Gasteiger partial charge < -0.3 is 14.2 Å². The van der Waals surface area contributed by atoms with E-state index in [1.54, 1.807) is 43.2 Å². The number of aryl methyl sites for hydroxylation is 2. The Morgan fingerprint density at radius 1 is 1.03 bits per heavy atom. The largest absolute Gasteiger partial charge is 0.507 e. The molecule has 6 heteroatoms. The number of hydrogen-bond acceptors (Lipinski definition) is 3. The fourth-order valence-electron chi connectivity index (χ4n) is 4.65. The summed E-state index contributed by atoms with van der Waals surface area (Å²) in [4.78, 5) is 17.7. The Morgan fingerprint density at radius 2 is 1.77 bits per heavy atom. The van der Waals surface area contributed by atoms with Crippen LogP contribution in [-0.2, 0) is 14.1 Å². The summed E-state index contributed by atoms with van der Waals surface area (Å²) in [5, 5.41) is 13.1. The summed E-state index contributed by atoms with van der Waals surface area (Å²) in [5.74, 6) is 2.76. The summed E-state index contributed by atoms with van der Waals surface area (Å²) >= 11 is 6.11. The molecule has 0 spiro atoms. The van der Waals surface area contributed by atoms with Gasteiger partial charge in [0.2, 0.25) is 0 Å². The normalized spacial score (nSPS) is 11.1. The van der Waals surface area contributed by atoms with Crippen LogP contribution in [0.3, 0.4) is 0 Å². The number of rotatable bonds is 3. The van der Waals surface area contributed by atoms with Crippen LogP contribution in [0.4, 0.5) is 0 Å². The number of halogens is 1. The number of phenols is 1. The maximum atomic E-state index is 13.4. The fraction of sp³-hybridized carbons (Fsp3) is 0.103. The minimum Gasteiger partial charge on any atom is -0.507 e. The molecular formula is C29H22ClN3O2. The molecule has 0 radical (unpaired) electrons. The number of phenolic OH excluding ortho intramolecular Hbond substituents is 1. The van der Waals surface area contributed by atoms with Crippen molar-refractivity contribution in [3.05, 3.63) is 93.6 Å². The second-order valence-corrected chi connectivity index (χ2v) is 8.96. The number of aromatic hydroxyl groups is 1. The number of imidazole rings is 1. The van der Waals surface area contributed by atoms with Crippen LogP contribution in [0.5, 0.6) is 5.75 Å². The van der Waals surface area contributed by atoms with Crippen LogP contribution in [0, 0.1) is 19.3 Å². The van der Waals surface area contributed by atoms with Crippen molar-refractivity contribution in [2.24, 2.45) is 14.1 Å². The lowest BCUT2D eigenvalue weighted by Crippen LogP contribution is -2.21. The van der Waals surface area contributed by atoms with E-state index in [2.05, 4.69) is 10.9 Å². The van der Waals surface area contributed by atoms with Gasteiger partial charge in [-0.3, -0.25) is 4.79 Å². The van der Waals surface area contributed by atoms with E-state index in [-0.39, 0.29) is 11.3 Å². The van der Waals surface area contributed by atoms with Crippen molar-refractivity contribution in [2.75, 3.05) is 0 Å². The number of fused-ring (bicyclic) bond motifs is 1. The Balaban J connectivity index is 2.03. The van der Waals surface area contributed by atoms with E-state index >= 15 is 0 Å². The van der Waals surface area contributed by atoms with Crippen LogP contribution in [0.1, 0.15) is 11.1 Å². The highest BCUT2D eigenvalue weighted by atomic mass is 35.5. The van der Waals surface area contributed by atoms with E-state index in [1.165, 1.54) is 0 Å². The van der Waals surface area contributed by atoms with Crippen molar-refractivity contribution in [3.63, 3.8) is 0 Å². The van der Waals surface area contributed by atoms with Gasteiger partial charge in [0.15, 0.2) is 0 Å². The first-order chi connectivity index (χ1) is 16.8. The molecule has 2 heterocycles. The molecule has 5 rings (SSSR count). The minimum absolute atomic E-state index is 0.0934. The van der Waals surface area contributed by atoms with Gasteiger partial charge in [-0.05, 0) is 48.4 Å². The highest BCUT2D eigenvalue weighted by Gasteiger charge is 2.24. The van der Waals surface area contributed by atoms with E-state index in [9.17, 15) is 9.90 Å². The summed E-state index contributed by atoms with van der Waals surface area (Å²) < 4.78 is 3.47. The Morgan fingerprint density at radius 3 is 2.43 bits per heavy atom. The van der Waals surface area contributed by atoms with Gasteiger partial charge in [-0.15, -0.1) is 6.42 Å². The molecule has 5 aromatic rings. The second kappa shape index (κ2) is 8.50. The molecule has 0 amide bonds. The smallest absolute Gasteiger partial charge is 0.254 e. The number of nitrogens with zero attached hydrogens (tertiary/aromatic N) is 3. The van der Waals surface area contributed by atoms with Gasteiger partial charge in [-0.2, -0.15) is 0 Å². The molecule has 35 heavy (non-hydrogen) atoms. The Hall–Kier alpha value is -4.27. The van der Waals surface area contributed by atoms with Gasteiger partial charge in [0.05, 0.1) is 29.3 Å². The number of pyridine rings is 1. The van der Waals surface area contributed by atoms with Gasteiger partial charge in [-0.25, -0.2) is 4.98 Å². The number of terminal acetylenes is 1. The summed E-state index contributed by atoms with van der Waals surface area (Å²) in [5.41, 5.74) is 6.05. The van der Waals surface area contributed by atoms with Gasteiger partial charge in [0, 0.05) is 46.8 Å². The number of hydrogen-bond donors (Lipinski definition) is 1. The molecule has 0 fully saturated rings. The summed E-state index contributed by atoms with van der Waals surface area (Å²) in [6, 6.07) is 16.6. The summed E-state index contributed by atoms with van der Waals surface area (Å²) in [7, 11) is 3.62. The molecule has 0 aliphatic carbocycles. The number of benzene rings is 3. The van der Waals surface area contributed by atoms with Crippen molar-refractivity contribution < 1.29 is 5.11 Å². The lowest BCUT2D eigenvalue weighted by Gasteiger charge is -2.21. The lowest BCUT2D eigenvalue weighted by atomic mass is 9.88. The first-order valence-electron chi connectivity index (χ1n) is 11.0. The van der Waals surface area contributed by atoms with Crippen molar-refractivity contribution in [1.29, 1.82) is 0 Å². The van der Waals surface area contributed by atoms with Crippen LogP contribution >= 0.6 is 11.6 Å². The summed E-state index contributed by atoms with van der Waals surface area (Å²) in [6.07, 6.45) is 9.06. The third kappa shape index (κ3) is 3.60. The van der Waals surface area contributed by atoms with E-state index in [1.807, 2.05) is 54.1 Å². The molecule has 2 aromatic heterocycles. The first kappa shape index (κ1) is 22.5. The van der Waals surface area contributed by atoms with Crippen molar-refractivity contribution >= 4 is 22.5 Å². The van der Waals surface area contributed by atoms with Gasteiger partial charge in [-0.1, -0.05) is 41.8 Å². The molecule has 0 unspecified atom stereocenters. The first-order valence-corrected chi connectivity index (χ1v) is 11.4. The van der Waals surface area contributed by atoms with E-state index < -0.39 is 0 Å². The predicted molar refractivity (Wildman–Crippen MR) is 142 cm³/mol. The monoisotopic (exact) mass is 479 g/mol. The molecule has 172 valence electrons. The zero-order chi connectivity index (χ0) is 24.9. The molecule has 0 bridgehead atoms. The molecule has 0 saturated heterocycles. The zero-order valence-corrected chi connectivity index (χ0v) is 20.3. The lowest BCUT2D eigenvalue weighted by molar-refractivity contribution is 0.479. The maximum absolute atomic E-state index is 13.4. The van der Waals surface area contributed by atoms with Crippen molar-refractivity contribution in [2.45, 2.75) is 6.92 Å². The molecule has 1 N–H and O–H groups in total. The Labute approximate surface area is 207 Å². The van der Waals surface area contributed by atoms with Crippen LogP contribution in [-0.4, -0.2) is 19.2 Å². The van der Waals surface area contributed by atoms with Crippen molar-refractivity contribution in [3.8, 4) is 51.6 Å². The highest BCUT2D eigenvalue weighted by Crippen LogP contribution is 2.46. The SMILES string of the molecule is C#Cc1cccc(-c2c(C)c(=O)n(C)c3cc(-c4ccc(Cl)cc4)c(O)c(-c4cncn4C)c23)c1. The second-order valence-electron chi connectivity index (χ2n) is 8.53. The molecule has 0 aliphatic rings. The highest BCUT2D eigenvalue weighted by molar-refractivity contribution is 6.30. The van der Waals surface area contributed by atoms with Gasteiger partial charge in [0.25, 0.3) is 5.56 Å². The van der Waals surface area contributed by atoms with Crippen LogP contribution < -0.4 is 5.56 Å². The van der Waals surface area contributed by atoms with E-state index in [0.29, 0.717) is 32.8 Å². The predicted octanol–water partition coefficient (Wildman–Crippen LogP) is 5.92. The Bertz CT molecular complexity index is 1720. The van der Waals surface area contributed by atoms with Gasteiger partial charge >= 0.3 is 0 Å². The van der Waals surface area contributed by atoms with E-state index in [4.69, 9.17) is 18.0 Å². The third-order valence-electron chi connectivity index (χ3n) is 6.44. The van der Waals surface area contributed by atoms with E-state index in [0.717, 1.165) is 27.8 Å². The average Bonchev–Trinajstić information content (AvgIpc) is 3.28. The van der Waals surface area contributed by atoms with Crippen LogP contribution in [0.15, 0.2) is 71.9 Å². The topological polar surface area (TPSA) is 60.1 Å². The quantitative estimate of drug-likeness (QED) is 0.327. The Kier molecular flexibility index (Phi) is 5.47. The molecular weight excluding hydrogens is 458 g/mol. The maximum Gasteiger partial charge on any atom is 0.254 e. The minimum atomic E-state index is -0.123.